The Bertz CT molecular complexity index is 621. The predicted octanol–water partition coefficient (Wildman–Crippen LogP) is 1.76. The molecule has 1 rings (SSSR count). The lowest BCUT2D eigenvalue weighted by molar-refractivity contribution is -0.0517. The van der Waals surface area contributed by atoms with Gasteiger partial charge < -0.3 is 9.29 Å². The molecular weight excluding hydrogens is 327 g/mol. The SMILES string of the molecule is COc1cc(C=O)ccc1[N+](C)(C)C.O=S(=O)([O-])C(F)(F)F. The van der Waals surface area contributed by atoms with Crippen LogP contribution in [-0.4, -0.2) is 53.0 Å². The number of hydrogen-bond acceptors (Lipinski definition) is 5. The number of rotatable bonds is 3. The molecule has 0 heterocycles. The molecule has 0 N–H and O–H groups in total. The molecule has 0 amide bonds. The van der Waals surface area contributed by atoms with E-state index in [1.807, 2.05) is 6.07 Å². The minimum atomic E-state index is -6.09. The number of alkyl halides is 3. The van der Waals surface area contributed by atoms with Crippen LogP contribution in [0.3, 0.4) is 0 Å². The highest BCUT2D eigenvalue weighted by molar-refractivity contribution is 7.86. The molecule has 0 aliphatic rings. The molecule has 1 aromatic carbocycles. The van der Waals surface area contributed by atoms with Crippen LogP contribution in [0.2, 0.25) is 0 Å². The average molecular weight is 343 g/mol. The Morgan fingerprint density at radius 3 is 1.95 bits per heavy atom. The number of aldehydes is 1. The number of carbonyl (C=O) groups is 1. The molecule has 0 aromatic heterocycles. The predicted molar refractivity (Wildman–Crippen MR) is 73.7 cm³/mol. The summed E-state index contributed by atoms with van der Waals surface area (Å²) in [5.74, 6) is 0.752. The maximum atomic E-state index is 10.7. The molecule has 1 aromatic rings. The standard InChI is InChI=1S/C11H16NO2.CHF3O3S/c1-12(2,3)10-6-5-9(8-13)7-11(10)14-4;2-1(3,4)8(5,6)7/h5-8H,1-4H3;(H,5,6,7)/q+1;/p-1. The first-order chi connectivity index (χ1) is 9.74. The van der Waals surface area contributed by atoms with E-state index < -0.39 is 15.6 Å². The van der Waals surface area contributed by atoms with Crippen LogP contribution in [0.5, 0.6) is 5.75 Å². The van der Waals surface area contributed by atoms with Crippen LogP contribution >= 0.6 is 0 Å². The lowest BCUT2D eigenvalue weighted by Crippen LogP contribution is -2.35. The van der Waals surface area contributed by atoms with E-state index in [4.69, 9.17) is 17.7 Å². The molecule has 6 nitrogen and oxygen atoms in total. The van der Waals surface area contributed by atoms with E-state index in [1.165, 1.54) is 0 Å². The Hall–Kier alpha value is -1.65. The van der Waals surface area contributed by atoms with Crippen molar-refractivity contribution in [2.24, 2.45) is 0 Å². The summed E-state index contributed by atoms with van der Waals surface area (Å²) in [5.41, 5.74) is -3.95. The zero-order valence-corrected chi connectivity index (χ0v) is 13.2. The van der Waals surface area contributed by atoms with Crippen molar-refractivity contribution in [3.05, 3.63) is 23.8 Å². The zero-order chi connectivity index (χ0) is 17.8. The molecule has 0 unspecified atom stereocenters. The third kappa shape index (κ3) is 6.00. The van der Waals surface area contributed by atoms with Crippen molar-refractivity contribution in [2.75, 3.05) is 28.3 Å². The molecule has 22 heavy (non-hydrogen) atoms. The fourth-order valence-corrected chi connectivity index (χ4v) is 1.32. The van der Waals surface area contributed by atoms with E-state index in [0.29, 0.717) is 10.0 Å². The molecule has 0 aliphatic carbocycles. The zero-order valence-electron chi connectivity index (χ0n) is 12.3. The molecule has 10 heteroatoms. The van der Waals surface area contributed by atoms with Gasteiger partial charge in [-0.25, -0.2) is 8.42 Å². The Morgan fingerprint density at radius 2 is 1.68 bits per heavy atom. The number of carbonyl (C=O) groups excluding carboxylic acids is 1. The summed E-state index contributed by atoms with van der Waals surface area (Å²) in [6, 6.07) is 5.47. The first-order valence-electron chi connectivity index (χ1n) is 5.71. The third-order valence-corrected chi connectivity index (χ3v) is 2.91. The van der Waals surface area contributed by atoms with Gasteiger partial charge in [0, 0.05) is 11.6 Å². The number of ether oxygens (including phenoxy) is 1. The van der Waals surface area contributed by atoms with Crippen molar-refractivity contribution in [3.63, 3.8) is 0 Å². The largest absolute Gasteiger partial charge is 0.741 e. The van der Waals surface area contributed by atoms with Crippen molar-refractivity contribution in [3.8, 4) is 5.75 Å². The number of halogens is 3. The smallest absolute Gasteiger partial charge is 0.485 e. The number of benzene rings is 1. The van der Waals surface area contributed by atoms with E-state index in [9.17, 15) is 18.0 Å². The average Bonchev–Trinajstić information content (AvgIpc) is 2.35. The van der Waals surface area contributed by atoms with Gasteiger partial charge in [0.1, 0.15) is 6.29 Å². The topological polar surface area (TPSA) is 83.5 Å². The van der Waals surface area contributed by atoms with Gasteiger partial charge in [0.15, 0.2) is 21.6 Å². The lowest BCUT2D eigenvalue weighted by atomic mass is 10.2. The van der Waals surface area contributed by atoms with Crippen LogP contribution in [0.15, 0.2) is 18.2 Å². The maximum absolute atomic E-state index is 10.7. The minimum absolute atomic E-state index is 0.638. The first kappa shape index (κ1) is 20.3. The monoisotopic (exact) mass is 343 g/mol. The van der Waals surface area contributed by atoms with Crippen molar-refractivity contribution in [2.45, 2.75) is 5.51 Å². The van der Waals surface area contributed by atoms with Gasteiger partial charge in [0.25, 0.3) is 0 Å². The maximum Gasteiger partial charge on any atom is 0.485 e. The minimum Gasteiger partial charge on any atom is -0.741 e. The second kappa shape index (κ2) is 7.07. The molecule has 0 bridgehead atoms. The summed E-state index contributed by atoms with van der Waals surface area (Å²) >= 11 is 0. The van der Waals surface area contributed by atoms with E-state index >= 15 is 0 Å². The van der Waals surface area contributed by atoms with Gasteiger partial charge in [0.2, 0.25) is 0 Å². The normalized spacial score (nSPS) is 12.2. The van der Waals surface area contributed by atoms with E-state index in [1.54, 1.807) is 19.2 Å². The van der Waals surface area contributed by atoms with Crippen LogP contribution in [-0.2, 0) is 10.1 Å². The molecule has 0 atom stereocenters. The van der Waals surface area contributed by atoms with Crippen LogP contribution in [0.4, 0.5) is 18.9 Å². The fourth-order valence-electron chi connectivity index (χ4n) is 1.32. The molecule has 0 radical (unpaired) electrons. The summed E-state index contributed by atoms with van der Waals surface area (Å²) in [6.07, 6.45) is 0.821. The lowest BCUT2D eigenvalue weighted by Gasteiger charge is -2.25. The van der Waals surface area contributed by atoms with Crippen molar-refractivity contribution in [1.29, 1.82) is 0 Å². The molecule has 0 saturated carbocycles. The second-order valence-electron chi connectivity index (χ2n) is 4.96. The van der Waals surface area contributed by atoms with E-state index in [-0.39, 0.29) is 0 Å². The molecular formula is C12H16F3NO5S. The molecule has 0 fully saturated rings. The van der Waals surface area contributed by atoms with Gasteiger partial charge in [-0.15, -0.1) is 0 Å². The van der Waals surface area contributed by atoms with Crippen molar-refractivity contribution >= 4 is 22.1 Å². The van der Waals surface area contributed by atoms with Gasteiger partial charge in [-0.1, -0.05) is 0 Å². The van der Waals surface area contributed by atoms with Crippen LogP contribution < -0.4 is 9.22 Å². The summed E-state index contributed by atoms with van der Waals surface area (Å²) in [4.78, 5) is 10.6. The van der Waals surface area contributed by atoms with Crippen LogP contribution in [0, 0.1) is 0 Å². The number of methoxy groups -OCH3 is 1. The third-order valence-electron chi connectivity index (χ3n) is 2.35. The Balaban J connectivity index is 0.000000472. The first-order valence-corrected chi connectivity index (χ1v) is 7.12. The highest BCUT2D eigenvalue weighted by Crippen LogP contribution is 2.30. The quantitative estimate of drug-likeness (QED) is 0.361. The number of nitrogens with zero attached hydrogens (tertiary/aromatic N) is 1. The highest BCUT2D eigenvalue weighted by Gasteiger charge is 2.36. The fraction of sp³-hybridized carbons (Fsp3) is 0.417. The van der Waals surface area contributed by atoms with Gasteiger partial charge in [-0.2, -0.15) is 13.2 Å². The summed E-state index contributed by atoms with van der Waals surface area (Å²) in [6.45, 7) is 0. The summed E-state index contributed by atoms with van der Waals surface area (Å²) in [5, 5.41) is 0. The van der Waals surface area contributed by atoms with Crippen molar-refractivity contribution < 1.29 is 35.7 Å². The number of quaternary nitrogens is 1. The van der Waals surface area contributed by atoms with Gasteiger partial charge in [0.05, 0.1) is 28.3 Å². The Kier molecular flexibility index (Phi) is 6.54. The van der Waals surface area contributed by atoms with Gasteiger partial charge >= 0.3 is 5.51 Å². The van der Waals surface area contributed by atoms with E-state index in [2.05, 4.69) is 21.1 Å². The summed E-state index contributed by atoms with van der Waals surface area (Å²) < 4.78 is 64.8. The Morgan fingerprint density at radius 1 is 1.23 bits per heavy atom. The Labute approximate surface area is 126 Å². The molecule has 0 saturated heterocycles. The van der Waals surface area contributed by atoms with Crippen LogP contribution in [0.1, 0.15) is 10.4 Å². The second-order valence-corrected chi connectivity index (χ2v) is 6.33. The number of hydrogen-bond donors (Lipinski definition) is 0. The van der Waals surface area contributed by atoms with Gasteiger partial charge in [-0.3, -0.25) is 9.28 Å². The van der Waals surface area contributed by atoms with E-state index in [0.717, 1.165) is 17.7 Å². The van der Waals surface area contributed by atoms with Crippen molar-refractivity contribution in [1.82, 2.24) is 4.48 Å². The van der Waals surface area contributed by atoms with Gasteiger partial charge in [-0.05, 0) is 12.1 Å². The van der Waals surface area contributed by atoms with Crippen LogP contribution in [0.25, 0.3) is 0 Å². The molecule has 0 spiro atoms. The molecule has 0 aliphatic heterocycles. The molecule has 126 valence electrons. The highest BCUT2D eigenvalue weighted by atomic mass is 32.2. The summed E-state index contributed by atoms with van der Waals surface area (Å²) in [7, 11) is 1.69.